The van der Waals surface area contributed by atoms with E-state index in [-0.39, 0.29) is 30.2 Å². The number of nitrogens with zero attached hydrogens (tertiary/aromatic N) is 4. The van der Waals surface area contributed by atoms with Crippen molar-refractivity contribution >= 4 is 11.4 Å². The maximum atomic E-state index is 13.9. The Morgan fingerprint density at radius 3 is 1.23 bits per heavy atom. The first-order valence-electron chi connectivity index (χ1n) is 24.8. The Morgan fingerprint density at radius 1 is 0.500 bits per heavy atom. The molecule has 8 aromatic rings. The number of aromatic hydroxyl groups is 1. The summed E-state index contributed by atoms with van der Waals surface area (Å²) in [4.78, 5) is 32.4. The minimum absolute atomic E-state index is 0.00664. The summed E-state index contributed by atoms with van der Waals surface area (Å²) in [5.41, 5.74) is -0.197. The van der Waals surface area contributed by atoms with E-state index in [0.717, 1.165) is 64.1 Å². The van der Waals surface area contributed by atoms with Crippen LogP contribution in [0.5, 0.6) is 34.5 Å². The number of ether oxygens (including phenoxy) is 3. The lowest BCUT2D eigenvalue weighted by Crippen LogP contribution is -2.25. The van der Waals surface area contributed by atoms with E-state index in [1.165, 1.54) is 34.1 Å². The number of halogens is 6. The van der Waals surface area contributed by atoms with E-state index in [2.05, 4.69) is 16.6 Å². The van der Waals surface area contributed by atoms with Gasteiger partial charge in [-0.2, -0.15) is 26.3 Å². The van der Waals surface area contributed by atoms with Gasteiger partial charge in [0.2, 0.25) is 0 Å². The number of aromatic nitrogens is 2. The molecule has 0 aliphatic carbocycles. The summed E-state index contributed by atoms with van der Waals surface area (Å²) in [5.74, 6) is 2.77. The molecule has 0 aliphatic rings. The largest absolute Gasteiger partial charge is 0.508 e. The highest BCUT2D eigenvalue weighted by molar-refractivity contribution is 5.68. The molecule has 1 N–H and O–H groups in total. The molecule has 0 saturated heterocycles. The van der Waals surface area contributed by atoms with Crippen LogP contribution in [-0.4, -0.2) is 20.8 Å². The number of hydrogen-bond acceptors (Lipinski definition) is 6. The van der Waals surface area contributed by atoms with Crippen LogP contribution in [0.2, 0.25) is 0 Å². The average molecular weight is 1070 g/mol. The van der Waals surface area contributed by atoms with Crippen molar-refractivity contribution in [3.8, 4) is 57.0 Å². The third kappa shape index (κ3) is 14.1. The zero-order valence-corrected chi connectivity index (χ0v) is 43.4. The van der Waals surface area contributed by atoms with Gasteiger partial charge in [0.05, 0.1) is 44.0 Å². The molecule has 2 heterocycles. The molecule has 0 amide bonds. The summed E-state index contributed by atoms with van der Waals surface area (Å²) in [6, 6.07) is 39.1. The number of rotatable bonds is 16. The summed E-state index contributed by atoms with van der Waals surface area (Å²) >= 11 is 0. The Labute approximate surface area is 447 Å². The summed E-state index contributed by atoms with van der Waals surface area (Å²) in [6.07, 6.45) is -5.23. The maximum absolute atomic E-state index is 13.9. The lowest BCUT2D eigenvalue weighted by Gasteiger charge is -2.19. The van der Waals surface area contributed by atoms with E-state index in [1.54, 1.807) is 72.8 Å². The predicted molar refractivity (Wildman–Crippen MR) is 289 cm³/mol. The third-order valence-electron chi connectivity index (χ3n) is 12.7. The van der Waals surface area contributed by atoms with E-state index in [1.807, 2.05) is 76.2 Å². The van der Waals surface area contributed by atoms with Crippen LogP contribution in [0.1, 0.15) is 77.1 Å². The van der Waals surface area contributed by atoms with Crippen LogP contribution < -0.4 is 25.3 Å². The molecule has 0 bridgehead atoms. The molecule has 0 atom stereocenters. The molecule has 2 aromatic heterocycles. The van der Waals surface area contributed by atoms with Gasteiger partial charge in [0.1, 0.15) is 34.5 Å². The molecule has 0 saturated carbocycles. The Bertz CT molecular complexity index is 3610. The molecule has 400 valence electrons. The van der Waals surface area contributed by atoms with Gasteiger partial charge >= 0.3 is 12.4 Å². The highest BCUT2D eigenvalue weighted by atomic mass is 19.4. The van der Waals surface area contributed by atoms with Crippen LogP contribution in [-0.2, 0) is 25.4 Å². The molecule has 0 unspecified atom stereocenters. The molecule has 0 radical (unpaired) electrons. The van der Waals surface area contributed by atoms with Crippen LogP contribution in [0, 0.1) is 40.8 Å². The zero-order chi connectivity index (χ0) is 56.3. The van der Waals surface area contributed by atoms with Crippen LogP contribution in [0.25, 0.3) is 32.2 Å². The van der Waals surface area contributed by atoms with Gasteiger partial charge in [0.25, 0.3) is 22.5 Å². The van der Waals surface area contributed by atoms with Crippen molar-refractivity contribution in [2.45, 2.75) is 85.7 Å². The topological polar surface area (TPSA) is 101 Å². The lowest BCUT2D eigenvalue weighted by atomic mass is 10.0. The summed E-state index contributed by atoms with van der Waals surface area (Å²) in [6.45, 7) is 25.0. The quantitative estimate of drug-likeness (QED) is 0.0588. The number of aryl methyl sites for hydroxylation is 4. The fourth-order valence-electron chi connectivity index (χ4n) is 8.60. The van der Waals surface area contributed by atoms with Gasteiger partial charge in [0, 0.05) is 11.4 Å². The second kappa shape index (κ2) is 24.8. The lowest BCUT2D eigenvalue weighted by molar-refractivity contribution is -0.137. The van der Waals surface area contributed by atoms with Crippen molar-refractivity contribution < 1.29 is 45.7 Å². The Balaban J connectivity index is 0.000000229. The average Bonchev–Trinajstić information content (AvgIpc) is 3.51. The molecular formula is C62H54F6N4O6. The van der Waals surface area contributed by atoms with E-state index in [4.69, 9.17) is 27.4 Å². The number of pyridine rings is 2. The summed E-state index contributed by atoms with van der Waals surface area (Å²) in [5, 5.41) is 9.40. The molecule has 0 fully saturated rings. The molecule has 16 heteroatoms. The molecule has 78 heavy (non-hydrogen) atoms. The van der Waals surface area contributed by atoms with Crippen LogP contribution in [0.4, 0.5) is 37.7 Å². The van der Waals surface area contributed by atoms with Gasteiger partial charge in [-0.15, -0.1) is 0 Å². The highest BCUT2D eigenvalue weighted by Crippen LogP contribution is 2.40. The fourth-order valence-corrected chi connectivity index (χ4v) is 8.60. The van der Waals surface area contributed by atoms with Crippen molar-refractivity contribution in [3.63, 3.8) is 0 Å². The first-order valence-corrected chi connectivity index (χ1v) is 24.8. The number of hydrogen-bond donors (Lipinski definition) is 1. The fraction of sp³-hybridized carbons (Fsp3) is 0.226. The monoisotopic (exact) mass is 1060 g/mol. The minimum Gasteiger partial charge on any atom is -0.508 e. The maximum Gasteiger partial charge on any atom is 0.407 e. The van der Waals surface area contributed by atoms with Crippen LogP contribution in [0.15, 0.2) is 155 Å². The first kappa shape index (κ1) is 56.7. The number of phenolic OH excluding ortho intramolecular Hbond substituents is 1. The van der Waals surface area contributed by atoms with E-state index in [9.17, 15) is 41.0 Å². The summed E-state index contributed by atoms with van der Waals surface area (Å²) < 4.78 is 103. The van der Waals surface area contributed by atoms with Gasteiger partial charge in [-0.1, -0.05) is 73.7 Å². The van der Waals surface area contributed by atoms with E-state index in [0.29, 0.717) is 40.7 Å². The third-order valence-corrected chi connectivity index (χ3v) is 12.7. The van der Waals surface area contributed by atoms with Crippen molar-refractivity contribution in [1.82, 2.24) is 9.13 Å². The number of phenols is 1. The van der Waals surface area contributed by atoms with Crippen molar-refractivity contribution in [2.24, 2.45) is 0 Å². The molecule has 6 aromatic carbocycles. The van der Waals surface area contributed by atoms with Gasteiger partial charge in [-0.25, -0.2) is 9.69 Å². The highest BCUT2D eigenvalue weighted by Gasteiger charge is 2.38. The predicted octanol–water partition coefficient (Wildman–Crippen LogP) is 16.7. The standard InChI is InChI=1S/C34H33F3N2O3.C28H21F3N2O3/c1-5-6-7-8-19-41-27-15-17-29(18-16-27)42-28-13-11-25(12-14-28)31-21-30(34(35,36)37)32(38-4)33(40)39(31)22-26-10-9-23(2)20-24(26)3;1-17-4-5-20(18(2)14-17)16-33-25(15-24(28(29,30)31)26(32-3)27(33)35)19-6-10-22(11-7-19)36-23-12-8-21(34)9-13-23/h9-18,20-21H,5-8,19,22H2,1-3H3;4-15,34H,16H2,1-2H3. The minimum atomic E-state index is -4.87. The summed E-state index contributed by atoms with van der Waals surface area (Å²) in [7, 11) is 0. The Morgan fingerprint density at radius 2 is 0.872 bits per heavy atom. The molecular weight excluding hydrogens is 1010 g/mol. The van der Waals surface area contributed by atoms with E-state index >= 15 is 0 Å². The second-order valence-electron chi connectivity index (χ2n) is 18.6. The number of alkyl halides is 6. The molecule has 0 aliphatic heterocycles. The van der Waals surface area contributed by atoms with Gasteiger partial charge in [0.15, 0.2) is 0 Å². The van der Waals surface area contributed by atoms with Gasteiger partial charge < -0.3 is 28.5 Å². The Kier molecular flexibility index (Phi) is 18.0. The zero-order valence-electron chi connectivity index (χ0n) is 43.4. The Hall–Kier alpha value is -9.02. The van der Waals surface area contributed by atoms with Gasteiger partial charge in [-0.3, -0.25) is 9.59 Å². The van der Waals surface area contributed by atoms with Gasteiger partial charge in [-0.05, 0) is 177 Å². The molecule has 0 spiro atoms. The molecule has 10 nitrogen and oxygen atoms in total. The normalized spacial score (nSPS) is 11.2. The van der Waals surface area contributed by atoms with E-state index < -0.39 is 46.0 Å². The number of benzene rings is 6. The molecule has 8 rings (SSSR count). The van der Waals surface area contributed by atoms with Crippen LogP contribution >= 0.6 is 0 Å². The van der Waals surface area contributed by atoms with Crippen LogP contribution in [0.3, 0.4) is 0 Å². The van der Waals surface area contributed by atoms with Crippen molar-refractivity contribution in [3.05, 3.63) is 234 Å². The first-order chi connectivity index (χ1) is 37.2. The second-order valence-corrected chi connectivity index (χ2v) is 18.6. The smallest absolute Gasteiger partial charge is 0.407 e. The van der Waals surface area contributed by atoms with Crippen molar-refractivity contribution in [2.75, 3.05) is 6.61 Å². The number of unbranched alkanes of at least 4 members (excludes halogenated alkanes) is 3. The SMILES string of the molecule is [C-]#[N+]c1c(C(F)(F)F)cc(-c2ccc(Oc3ccc(O)cc3)cc2)n(Cc2ccc(C)cc2C)c1=O.[C-]#[N+]c1c(C(F)(F)F)cc(-c2ccc(Oc3ccc(OCCCCCC)cc3)cc2)n(Cc2ccc(C)cc2C)c1=O. The van der Waals surface area contributed by atoms with Crippen molar-refractivity contribution in [1.29, 1.82) is 0 Å².